The molecule has 0 aliphatic carbocycles. The van der Waals surface area contributed by atoms with E-state index in [4.69, 9.17) is 19.9 Å². The van der Waals surface area contributed by atoms with Crippen LogP contribution in [0.25, 0.3) is 0 Å². The van der Waals surface area contributed by atoms with Crippen LogP contribution in [0.2, 0.25) is 0 Å². The molecule has 142 valence electrons. The molecule has 0 unspecified atom stereocenters. The molecule has 3 rings (SSSR count). The lowest BCUT2D eigenvalue weighted by Crippen LogP contribution is -2.30. The second kappa shape index (κ2) is 8.77. The molecule has 1 heterocycles. The zero-order chi connectivity index (χ0) is 19.2. The smallest absolute Gasteiger partial charge is 0.340 e. The molecular formula is C19H19BrN2O5. The van der Waals surface area contributed by atoms with Crippen LogP contribution in [0.15, 0.2) is 40.9 Å². The zero-order valence-corrected chi connectivity index (χ0v) is 16.1. The fourth-order valence-electron chi connectivity index (χ4n) is 2.55. The van der Waals surface area contributed by atoms with Crippen LogP contribution >= 0.6 is 15.9 Å². The molecule has 2 aromatic carbocycles. The highest BCUT2D eigenvalue weighted by atomic mass is 79.9. The topological polar surface area (TPSA) is 99.9 Å². The third kappa shape index (κ3) is 5.13. The van der Waals surface area contributed by atoms with Crippen molar-refractivity contribution in [2.75, 3.05) is 32.1 Å². The van der Waals surface area contributed by atoms with E-state index in [9.17, 15) is 9.59 Å². The van der Waals surface area contributed by atoms with Gasteiger partial charge in [-0.05, 0) is 42.3 Å². The number of fused-ring (bicyclic) bond motifs is 1. The van der Waals surface area contributed by atoms with Crippen LogP contribution in [-0.2, 0) is 16.0 Å². The van der Waals surface area contributed by atoms with Gasteiger partial charge in [-0.15, -0.1) is 0 Å². The number of nitrogens with two attached hydrogens (primary N) is 1. The van der Waals surface area contributed by atoms with E-state index in [0.29, 0.717) is 42.1 Å². The van der Waals surface area contributed by atoms with Gasteiger partial charge in [0.15, 0.2) is 18.1 Å². The van der Waals surface area contributed by atoms with Crippen LogP contribution in [0, 0.1) is 0 Å². The fourth-order valence-corrected chi connectivity index (χ4v) is 2.92. The van der Waals surface area contributed by atoms with Crippen molar-refractivity contribution in [1.82, 2.24) is 5.32 Å². The zero-order valence-electron chi connectivity index (χ0n) is 14.5. The molecule has 1 aliphatic heterocycles. The Kier molecular flexibility index (Phi) is 6.18. The van der Waals surface area contributed by atoms with E-state index < -0.39 is 5.97 Å². The number of benzene rings is 2. The summed E-state index contributed by atoms with van der Waals surface area (Å²) < 4.78 is 16.7. The summed E-state index contributed by atoms with van der Waals surface area (Å²) in [5, 5.41) is 2.72. The third-order valence-corrected chi connectivity index (χ3v) is 4.41. The van der Waals surface area contributed by atoms with Crippen molar-refractivity contribution in [3.63, 3.8) is 0 Å². The van der Waals surface area contributed by atoms with E-state index in [1.165, 1.54) is 0 Å². The van der Waals surface area contributed by atoms with Gasteiger partial charge in [0, 0.05) is 16.7 Å². The standard InChI is InChI=1S/C19H19BrN2O5/c20-13-2-3-15(21)14(10-13)19(24)27-11-18(23)22-6-5-12-1-4-16-17(9-12)26-8-7-25-16/h1-4,9-10H,5-8,11,21H2,(H,22,23). The molecule has 7 nitrogen and oxygen atoms in total. The van der Waals surface area contributed by atoms with E-state index in [1.54, 1.807) is 18.2 Å². The van der Waals surface area contributed by atoms with Crippen molar-refractivity contribution in [3.05, 3.63) is 52.0 Å². The first-order chi connectivity index (χ1) is 13.0. The molecule has 2 aromatic rings. The Balaban J connectivity index is 1.43. The first-order valence-electron chi connectivity index (χ1n) is 8.40. The number of hydrogen-bond acceptors (Lipinski definition) is 6. The first-order valence-corrected chi connectivity index (χ1v) is 9.19. The molecule has 27 heavy (non-hydrogen) atoms. The number of carbonyl (C=O) groups is 2. The Bertz CT molecular complexity index is 856. The second-order valence-electron chi connectivity index (χ2n) is 5.89. The predicted octanol–water partition coefficient (Wildman–Crippen LogP) is 2.32. The lowest BCUT2D eigenvalue weighted by atomic mass is 10.1. The summed E-state index contributed by atoms with van der Waals surface area (Å²) in [4.78, 5) is 23.9. The normalized spacial score (nSPS) is 12.3. The summed E-state index contributed by atoms with van der Waals surface area (Å²) in [5.41, 5.74) is 7.27. The summed E-state index contributed by atoms with van der Waals surface area (Å²) in [6.07, 6.45) is 0.620. The summed E-state index contributed by atoms with van der Waals surface area (Å²) in [7, 11) is 0. The minimum Gasteiger partial charge on any atom is -0.486 e. The van der Waals surface area contributed by atoms with Crippen LogP contribution in [0.3, 0.4) is 0 Å². The molecule has 0 radical (unpaired) electrons. The summed E-state index contributed by atoms with van der Waals surface area (Å²) in [5.74, 6) is 0.420. The Hall–Kier alpha value is -2.74. The number of hydrogen-bond donors (Lipinski definition) is 2. The fraction of sp³-hybridized carbons (Fsp3) is 0.263. The lowest BCUT2D eigenvalue weighted by molar-refractivity contribution is -0.124. The molecule has 0 atom stereocenters. The van der Waals surface area contributed by atoms with Gasteiger partial charge in [-0.2, -0.15) is 0 Å². The summed E-state index contributed by atoms with van der Waals surface area (Å²) >= 11 is 3.26. The third-order valence-electron chi connectivity index (χ3n) is 3.91. The molecule has 1 amide bonds. The number of ether oxygens (including phenoxy) is 3. The quantitative estimate of drug-likeness (QED) is 0.534. The van der Waals surface area contributed by atoms with E-state index >= 15 is 0 Å². The van der Waals surface area contributed by atoms with Crippen molar-refractivity contribution < 1.29 is 23.8 Å². The molecule has 0 spiro atoms. The van der Waals surface area contributed by atoms with Gasteiger partial charge < -0.3 is 25.3 Å². The van der Waals surface area contributed by atoms with Crippen molar-refractivity contribution in [3.8, 4) is 11.5 Å². The van der Waals surface area contributed by atoms with Gasteiger partial charge in [0.2, 0.25) is 0 Å². The number of amides is 1. The molecule has 3 N–H and O–H groups in total. The highest BCUT2D eigenvalue weighted by molar-refractivity contribution is 9.10. The van der Waals surface area contributed by atoms with Crippen molar-refractivity contribution in [2.45, 2.75) is 6.42 Å². The second-order valence-corrected chi connectivity index (χ2v) is 6.80. The van der Waals surface area contributed by atoms with Gasteiger partial charge >= 0.3 is 5.97 Å². The van der Waals surface area contributed by atoms with E-state index in [2.05, 4.69) is 21.2 Å². The van der Waals surface area contributed by atoms with Crippen molar-refractivity contribution in [1.29, 1.82) is 0 Å². The van der Waals surface area contributed by atoms with Gasteiger partial charge in [0.05, 0.1) is 5.56 Å². The molecule has 0 aromatic heterocycles. The highest BCUT2D eigenvalue weighted by Gasteiger charge is 2.14. The number of esters is 1. The number of anilines is 1. The summed E-state index contributed by atoms with van der Waals surface area (Å²) in [6, 6.07) is 10.5. The summed E-state index contributed by atoms with van der Waals surface area (Å²) in [6.45, 7) is 1.12. The Morgan fingerprint density at radius 3 is 2.70 bits per heavy atom. The number of carbonyl (C=O) groups excluding carboxylic acids is 2. The molecule has 1 aliphatic rings. The van der Waals surface area contributed by atoms with Crippen molar-refractivity contribution >= 4 is 33.5 Å². The van der Waals surface area contributed by atoms with Crippen LogP contribution in [0.5, 0.6) is 11.5 Å². The van der Waals surface area contributed by atoms with Crippen LogP contribution in [0.1, 0.15) is 15.9 Å². The molecule has 0 saturated carbocycles. The van der Waals surface area contributed by atoms with Crippen LogP contribution in [0.4, 0.5) is 5.69 Å². The number of rotatable bonds is 6. The SMILES string of the molecule is Nc1ccc(Br)cc1C(=O)OCC(=O)NCCc1ccc2c(c1)OCCO2. The minimum absolute atomic E-state index is 0.216. The molecule has 0 saturated heterocycles. The monoisotopic (exact) mass is 434 g/mol. The molecule has 0 fully saturated rings. The van der Waals surface area contributed by atoms with E-state index in [0.717, 1.165) is 11.3 Å². The molecular weight excluding hydrogens is 416 g/mol. The van der Waals surface area contributed by atoms with Gasteiger partial charge in [-0.1, -0.05) is 22.0 Å². The number of nitrogen functional groups attached to an aromatic ring is 1. The van der Waals surface area contributed by atoms with Gasteiger partial charge in [-0.3, -0.25) is 4.79 Å². The van der Waals surface area contributed by atoms with Gasteiger partial charge in [0.25, 0.3) is 5.91 Å². The maximum Gasteiger partial charge on any atom is 0.340 e. The average molecular weight is 435 g/mol. The lowest BCUT2D eigenvalue weighted by Gasteiger charge is -2.18. The van der Waals surface area contributed by atoms with E-state index in [-0.39, 0.29) is 18.1 Å². The molecule has 8 heteroatoms. The Labute approximate surface area is 164 Å². The highest BCUT2D eigenvalue weighted by Crippen LogP contribution is 2.30. The van der Waals surface area contributed by atoms with Crippen LogP contribution < -0.4 is 20.5 Å². The number of nitrogens with one attached hydrogen (secondary N) is 1. The Morgan fingerprint density at radius 2 is 1.89 bits per heavy atom. The minimum atomic E-state index is -0.643. The first kappa shape index (κ1) is 19.0. The molecule has 0 bridgehead atoms. The maximum absolute atomic E-state index is 12.0. The largest absolute Gasteiger partial charge is 0.486 e. The van der Waals surface area contributed by atoms with Crippen LogP contribution in [-0.4, -0.2) is 38.2 Å². The average Bonchev–Trinajstić information content (AvgIpc) is 2.68. The predicted molar refractivity (Wildman–Crippen MR) is 103 cm³/mol. The Morgan fingerprint density at radius 1 is 1.11 bits per heavy atom. The maximum atomic E-state index is 12.0. The van der Waals surface area contributed by atoms with Gasteiger partial charge in [0.1, 0.15) is 13.2 Å². The van der Waals surface area contributed by atoms with Gasteiger partial charge in [-0.25, -0.2) is 4.79 Å². The van der Waals surface area contributed by atoms with Crippen molar-refractivity contribution in [2.24, 2.45) is 0 Å². The number of halogens is 1. The van der Waals surface area contributed by atoms with E-state index in [1.807, 2.05) is 18.2 Å².